The van der Waals surface area contributed by atoms with E-state index in [1.54, 1.807) is 11.3 Å². The highest BCUT2D eigenvalue weighted by atomic mass is 79.9. The third-order valence-corrected chi connectivity index (χ3v) is 3.93. The molecule has 15 heavy (non-hydrogen) atoms. The van der Waals surface area contributed by atoms with Gasteiger partial charge in [-0.05, 0) is 34.5 Å². The number of alkyl halides is 3. The van der Waals surface area contributed by atoms with Crippen molar-refractivity contribution in [2.24, 2.45) is 0 Å². The van der Waals surface area contributed by atoms with E-state index >= 15 is 0 Å². The summed E-state index contributed by atoms with van der Waals surface area (Å²) in [5, 5.41) is 2.77. The number of hydrogen-bond acceptors (Lipinski definition) is 2. The first-order chi connectivity index (χ1) is 6.88. The van der Waals surface area contributed by atoms with E-state index in [1.807, 2.05) is 13.0 Å². The number of thiophene rings is 1. The van der Waals surface area contributed by atoms with Gasteiger partial charge in [0, 0.05) is 18.0 Å². The Morgan fingerprint density at radius 1 is 1.47 bits per heavy atom. The van der Waals surface area contributed by atoms with Crippen LogP contribution in [0.5, 0.6) is 0 Å². The molecule has 86 valence electrons. The second-order valence-corrected chi connectivity index (χ2v) is 5.67. The number of rotatable bonds is 4. The lowest BCUT2D eigenvalue weighted by Crippen LogP contribution is -2.20. The predicted octanol–water partition coefficient (Wildman–Crippen LogP) is 3.86. The number of nitrogens with one attached hydrogen (secondary N) is 1. The summed E-state index contributed by atoms with van der Waals surface area (Å²) in [5.41, 5.74) is 1.12. The molecule has 0 aliphatic rings. The molecule has 0 saturated heterocycles. The maximum absolute atomic E-state index is 11.8. The number of hydrogen-bond donors (Lipinski definition) is 1. The first kappa shape index (κ1) is 13.0. The van der Waals surface area contributed by atoms with Gasteiger partial charge in [-0.2, -0.15) is 13.2 Å². The third-order valence-electron chi connectivity index (χ3n) is 1.79. The minimum atomic E-state index is -4.07. The van der Waals surface area contributed by atoms with Gasteiger partial charge in [0.05, 0.1) is 10.2 Å². The van der Waals surface area contributed by atoms with E-state index in [0.29, 0.717) is 6.54 Å². The lowest BCUT2D eigenvalue weighted by atomic mass is 10.3. The highest BCUT2D eigenvalue weighted by molar-refractivity contribution is 9.11. The van der Waals surface area contributed by atoms with Crippen LogP contribution in [0.1, 0.15) is 16.9 Å². The molecule has 0 aliphatic carbocycles. The van der Waals surface area contributed by atoms with Crippen molar-refractivity contribution in [3.63, 3.8) is 0 Å². The average molecular weight is 302 g/mol. The molecule has 0 amide bonds. The Morgan fingerprint density at radius 2 is 2.13 bits per heavy atom. The molecular weight excluding hydrogens is 291 g/mol. The lowest BCUT2D eigenvalue weighted by Gasteiger charge is -2.06. The largest absolute Gasteiger partial charge is 0.390 e. The molecule has 0 spiro atoms. The van der Waals surface area contributed by atoms with Crippen molar-refractivity contribution < 1.29 is 13.2 Å². The highest BCUT2D eigenvalue weighted by Crippen LogP contribution is 2.27. The van der Waals surface area contributed by atoms with Crippen LogP contribution in [0, 0.1) is 6.92 Å². The van der Waals surface area contributed by atoms with E-state index in [4.69, 9.17) is 0 Å². The molecule has 1 rings (SSSR count). The summed E-state index contributed by atoms with van der Waals surface area (Å²) in [6, 6.07) is 1.97. The lowest BCUT2D eigenvalue weighted by molar-refractivity contribution is -0.133. The first-order valence-corrected chi connectivity index (χ1v) is 6.02. The van der Waals surface area contributed by atoms with Gasteiger partial charge in [0.15, 0.2) is 0 Å². The summed E-state index contributed by atoms with van der Waals surface area (Å²) in [7, 11) is 0. The fourth-order valence-corrected chi connectivity index (χ4v) is 2.65. The van der Waals surface area contributed by atoms with E-state index in [2.05, 4.69) is 21.2 Å². The standard InChI is InChI=1S/C9H11BrF3NS/c1-6-4-7(15-8(6)10)5-14-3-2-9(11,12)13/h4,14H,2-3,5H2,1H3. The van der Waals surface area contributed by atoms with E-state index in [0.717, 1.165) is 14.2 Å². The zero-order valence-electron chi connectivity index (χ0n) is 8.12. The van der Waals surface area contributed by atoms with Gasteiger partial charge in [-0.15, -0.1) is 11.3 Å². The summed E-state index contributed by atoms with van der Waals surface area (Å²) in [6.45, 7) is 2.42. The normalized spacial score (nSPS) is 12.1. The van der Waals surface area contributed by atoms with Gasteiger partial charge in [-0.3, -0.25) is 0 Å². The molecule has 1 aromatic heterocycles. The van der Waals surface area contributed by atoms with Crippen molar-refractivity contribution >= 4 is 27.3 Å². The van der Waals surface area contributed by atoms with Crippen LogP contribution in [0.3, 0.4) is 0 Å². The fraction of sp³-hybridized carbons (Fsp3) is 0.556. The van der Waals surface area contributed by atoms with Crippen molar-refractivity contribution in [3.05, 3.63) is 20.3 Å². The second-order valence-electron chi connectivity index (χ2n) is 3.21. The molecule has 6 heteroatoms. The van der Waals surface area contributed by atoms with Gasteiger partial charge < -0.3 is 5.32 Å². The molecular formula is C9H11BrF3NS. The summed E-state index contributed by atoms with van der Waals surface area (Å²) >= 11 is 4.91. The summed E-state index contributed by atoms with van der Waals surface area (Å²) in [6.07, 6.45) is -4.85. The molecule has 1 nitrogen and oxygen atoms in total. The van der Waals surface area contributed by atoms with Crippen molar-refractivity contribution in [3.8, 4) is 0 Å². The third kappa shape index (κ3) is 4.99. The summed E-state index contributed by atoms with van der Waals surface area (Å²) in [5.74, 6) is 0. The van der Waals surface area contributed by atoms with Crippen molar-refractivity contribution in [2.45, 2.75) is 26.1 Å². The Balaban J connectivity index is 2.26. The van der Waals surface area contributed by atoms with Crippen LogP contribution in [0.2, 0.25) is 0 Å². The molecule has 0 unspecified atom stereocenters. The predicted molar refractivity (Wildman–Crippen MR) is 59.1 cm³/mol. The van der Waals surface area contributed by atoms with E-state index in [1.165, 1.54) is 0 Å². The Morgan fingerprint density at radius 3 is 2.60 bits per heavy atom. The molecule has 0 aliphatic heterocycles. The van der Waals surface area contributed by atoms with Crippen LogP contribution < -0.4 is 5.32 Å². The molecule has 0 aromatic carbocycles. The molecule has 0 atom stereocenters. The molecule has 1 heterocycles. The maximum Gasteiger partial charge on any atom is 0.390 e. The van der Waals surface area contributed by atoms with Crippen LogP contribution in [0.4, 0.5) is 13.2 Å². The van der Waals surface area contributed by atoms with Crippen LogP contribution in [-0.2, 0) is 6.54 Å². The Hall–Kier alpha value is -0.0700. The van der Waals surface area contributed by atoms with Gasteiger partial charge in [0.2, 0.25) is 0 Å². The minimum absolute atomic E-state index is 0.0297. The van der Waals surface area contributed by atoms with Crippen LogP contribution in [0.15, 0.2) is 9.85 Å². The Kier molecular flexibility index (Phi) is 4.61. The smallest absolute Gasteiger partial charge is 0.312 e. The summed E-state index contributed by atoms with van der Waals surface area (Å²) in [4.78, 5) is 1.04. The quantitative estimate of drug-likeness (QED) is 0.833. The van der Waals surface area contributed by atoms with E-state index in [-0.39, 0.29) is 6.54 Å². The monoisotopic (exact) mass is 301 g/mol. The van der Waals surface area contributed by atoms with E-state index < -0.39 is 12.6 Å². The summed E-state index contributed by atoms with van der Waals surface area (Å²) < 4.78 is 36.5. The van der Waals surface area contributed by atoms with Gasteiger partial charge in [0.25, 0.3) is 0 Å². The average Bonchev–Trinajstić information content (AvgIpc) is 2.39. The molecule has 0 saturated carbocycles. The zero-order chi connectivity index (χ0) is 11.5. The SMILES string of the molecule is Cc1cc(CNCCC(F)(F)F)sc1Br. The Bertz CT molecular complexity index is 302. The van der Waals surface area contributed by atoms with Gasteiger partial charge in [-0.25, -0.2) is 0 Å². The molecule has 1 aromatic rings. The topological polar surface area (TPSA) is 12.0 Å². The van der Waals surface area contributed by atoms with Crippen molar-refractivity contribution in [1.29, 1.82) is 0 Å². The molecule has 1 N–H and O–H groups in total. The van der Waals surface area contributed by atoms with Gasteiger partial charge >= 0.3 is 6.18 Å². The highest BCUT2D eigenvalue weighted by Gasteiger charge is 2.25. The zero-order valence-corrected chi connectivity index (χ0v) is 10.5. The molecule has 0 fully saturated rings. The minimum Gasteiger partial charge on any atom is -0.312 e. The Labute approximate surface area is 98.8 Å². The first-order valence-electron chi connectivity index (χ1n) is 4.41. The van der Waals surface area contributed by atoms with Crippen LogP contribution in [-0.4, -0.2) is 12.7 Å². The fourth-order valence-electron chi connectivity index (χ4n) is 1.05. The van der Waals surface area contributed by atoms with Crippen molar-refractivity contribution in [1.82, 2.24) is 5.32 Å². The van der Waals surface area contributed by atoms with Crippen LogP contribution >= 0.6 is 27.3 Å². The molecule has 0 bridgehead atoms. The van der Waals surface area contributed by atoms with Gasteiger partial charge in [-0.1, -0.05) is 0 Å². The van der Waals surface area contributed by atoms with Crippen LogP contribution in [0.25, 0.3) is 0 Å². The van der Waals surface area contributed by atoms with Gasteiger partial charge in [0.1, 0.15) is 0 Å². The number of halogens is 4. The van der Waals surface area contributed by atoms with E-state index in [9.17, 15) is 13.2 Å². The van der Waals surface area contributed by atoms with Crippen molar-refractivity contribution in [2.75, 3.05) is 6.54 Å². The molecule has 0 radical (unpaired) electrons. The number of aryl methyl sites for hydroxylation is 1. The second kappa shape index (κ2) is 5.32. The maximum atomic E-state index is 11.8.